The summed E-state index contributed by atoms with van der Waals surface area (Å²) in [7, 11) is 3.39. The summed E-state index contributed by atoms with van der Waals surface area (Å²) in [5.41, 5.74) is 2.31. The first-order valence-corrected chi connectivity index (χ1v) is 8.03. The van der Waals surface area contributed by atoms with E-state index in [-0.39, 0.29) is 24.2 Å². The van der Waals surface area contributed by atoms with E-state index in [9.17, 15) is 14.0 Å². The van der Waals surface area contributed by atoms with Gasteiger partial charge in [0.2, 0.25) is 5.91 Å². The summed E-state index contributed by atoms with van der Waals surface area (Å²) in [5.74, 6) is -0.315. The van der Waals surface area contributed by atoms with E-state index in [1.165, 1.54) is 17.0 Å². The highest BCUT2D eigenvalue weighted by atomic mass is 19.1. The zero-order chi connectivity index (χ0) is 18.2. The van der Waals surface area contributed by atoms with Crippen molar-refractivity contribution in [3.8, 4) is 0 Å². The minimum Gasteiger partial charge on any atom is -0.349 e. The zero-order valence-corrected chi connectivity index (χ0v) is 14.4. The second-order valence-electron chi connectivity index (χ2n) is 5.88. The summed E-state index contributed by atoms with van der Waals surface area (Å²) in [6.45, 7) is 0.427. The third kappa shape index (κ3) is 5.91. The van der Waals surface area contributed by atoms with Crippen LogP contribution in [0.1, 0.15) is 11.1 Å². The van der Waals surface area contributed by atoms with E-state index in [0.717, 1.165) is 11.1 Å². The number of urea groups is 1. The standard InChI is InChI=1S/C19H22FN3O2/c1-23(2)18(24)13-15-5-3-4-6-17(15)22-19(25)21-12-11-14-7-9-16(20)10-8-14/h3-10H,11-13H2,1-2H3,(H2,21,22,25). The smallest absolute Gasteiger partial charge is 0.319 e. The van der Waals surface area contributed by atoms with Crippen LogP contribution in [0.25, 0.3) is 0 Å². The van der Waals surface area contributed by atoms with Crippen molar-refractivity contribution in [2.45, 2.75) is 12.8 Å². The number of halogens is 1. The second kappa shape index (κ2) is 8.82. The first-order chi connectivity index (χ1) is 12.0. The molecular formula is C19H22FN3O2. The monoisotopic (exact) mass is 343 g/mol. The van der Waals surface area contributed by atoms with Crippen molar-refractivity contribution in [2.75, 3.05) is 26.0 Å². The number of carbonyl (C=O) groups excluding carboxylic acids is 2. The van der Waals surface area contributed by atoms with Crippen molar-refractivity contribution in [1.29, 1.82) is 0 Å². The number of carbonyl (C=O) groups is 2. The van der Waals surface area contributed by atoms with Crippen LogP contribution in [-0.4, -0.2) is 37.5 Å². The molecule has 2 N–H and O–H groups in total. The number of anilines is 1. The molecule has 0 heterocycles. The zero-order valence-electron chi connectivity index (χ0n) is 14.4. The lowest BCUT2D eigenvalue weighted by Gasteiger charge is -2.14. The van der Waals surface area contributed by atoms with Gasteiger partial charge in [-0.15, -0.1) is 0 Å². The van der Waals surface area contributed by atoms with Crippen LogP contribution in [-0.2, 0) is 17.6 Å². The molecule has 0 unspecified atom stereocenters. The Morgan fingerprint density at radius 3 is 2.40 bits per heavy atom. The van der Waals surface area contributed by atoms with Crippen LogP contribution in [0.4, 0.5) is 14.9 Å². The summed E-state index contributed by atoms with van der Waals surface area (Å²) in [6.07, 6.45) is 0.827. The van der Waals surface area contributed by atoms with Gasteiger partial charge in [-0.25, -0.2) is 9.18 Å². The van der Waals surface area contributed by atoms with Gasteiger partial charge in [0.1, 0.15) is 5.82 Å². The van der Waals surface area contributed by atoms with Gasteiger partial charge in [-0.3, -0.25) is 4.79 Å². The van der Waals surface area contributed by atoms with Crippen molar-refractivity contribution < 1.29 is 14.0 Å². The minimum atomic E-state index is -0.341. The maximum Gasteiger partial charge on any atom is 0.319 e. The van der Waals surface area contributed by atoms with Crippen molar-refractivity contribution in [3.05, 3.63) is 65.5 Å². The van der Waals surface area contributed by atoms with Crippen LogP contribution in [0.2, 0.25) is 0 Å². The summed E-state index contributed by atoms with van der Waals surface area (Å²) >= 11 is 0. The third-order valence-electron chi connectivity index (χ3n) is 3.72. The molecule has 0 spiro atoms. The first-order valence-electron chi connectivity index (χ1n) is 8.03. The van der Waals surface area contributed by atoms with Crippen molar-refractivity contribution in [3.63, 3.8) is 0 Å². The van der Waals surface area contributed by atoms with E-state index >= 15 is 0 Å². The van der Waals surface area contributed by atoms with E-state index in [2.05, 4.69) is 10.6 Å². The predicted molar refractivity (Wildman–Crippen MR) is 96.0 cm³/mol. The summed E-state index contributed by atoms with van der Waals surface area (Å²) in [5, 5.41) is 5.53. The fourth-order valence-corrected chi connectivity index (χ4v) is 2.26. The Hall–Kier alpha value is -2.89. The molecule has 0 aliphatic carbocycles. The molecule has 5 nitrogen and oxygen atoms in total. The molecule has 0 aliphatic heterocycles. The number of hydrogen-bond donors (Lipinski definition) is 2. The average Bonchev–Trinajstić information content (AvgIpc) is 2.58. The fraction of sp³-hybridized carbons (Fsp3) is 0.263. The van der Waals surface area contributed by atoms with E-state index < -0.39 is 0 Å². The first kappa shape index (κ1) is 18.4. The third-order valence-corrected chi connectivity index (χ3v) is 3.72. The number of hydrogen-bond acceptors (Lipinski definition) is 2. The molecule has 0 atom stereocenters. The summed E-state index contributed by atoms with van der Waals surface area (Å²) in [6, 6.07) is 13.0. The largest absolute Gasteiger partial charge is 0.349 e. The van der Waals surface area contributed by atoms with E-state index in [4.69, 9.17) is 0 Å². The second-order valence-corrected chi connectivity index (χ2v) is 5.88. The Bertz CT molecular complexity index is 730. The van der Waals surface area contributed by atoms with Crippen LogP contribution in [0.15, 0.2) is 48.5 Å². The van der Waals surface area contributed by atoms with Crippen LogP contribution < -0.4 is 10.6 Å². The van der Waals surface area contributed by atoms with E-state index in [1.54, 1.807) is 38.4 Å². The van der Waals surface area contributed by atoms with Gasteiger partial charge in [-0.1, -0.05) is 30.3 Å². The van der Waals surface area contributed by atoms with Crippen LogP contribution in [0, 0.1) is 5.82 Å². The molecule has 0 aliphatic rings. The highest BCUT2D eigenvalue weighted by Gasteiger charge is 2.11. The molecule has 132 valence electrons. The molecule has 3 amide bonds. The van der Waals surface area contributed by atoms with Gasteiger partial charge < -0.3 is 15.5 Å². The molecule has 0 aromatic heterocycles. The van der Waals surface area contributed by atoms with Crippen molar-refractivity contribution in [1.82, 2.24) is 10.2 Å². The van der Waals surface area contributed by atoms with E-state index in [0.29, 0.717) is 18.7 Å². The number of para-hydroxylation sites is 1. The topological polar surface area (TPSA) is 61.4 Å². The Balaban J connectivity index is 1.87. The van der Waals surface area contributed by atoms with Crippen LogP contribution in [0.3, 0.4) is 0 Å². The maximum absolute atomic E-state index is 12.9. The lowest BCUT2D eigenvalue weighted by atomic mass is 10.1. The molecule has 0 saturated carbocycles. The molecule has 6 heteroatoms. The predicted octanol–water partition coefficient (Wildman–Crippen LogP) is 2.82. The van der Waals surface area contributed by atoms with Gasteiger partial charge in [0.15, 0.2) is 0 Å². The Morgan fingerprint density at radius 2 is 1.72 bits per heavy atom. The number of benzene rings is 2. The quantitative estimate of drug-likeness (QED) is 0.847. The minimum absolute atomic E-state index is 0.0361. The number of amides is 3. The Kier molecular flexibility index (Phi) is 6.51. The molecule has 2 rings (SSSR count). The molecule has 0 fully saturated rings. The fourth-order valence-electron chi connectivity index (χ4n) is 2.26. The Labute approximate surface area is 146 Å². The van der Waals surface area contributed by atoms with Gasteiger partial charge in [0.05, 0.1) is 6.42 Å². The highest BCUT2D eigenvalue weighted by Crippen LogP contribution is 2.16. The molecule has 0 radical (unpaired) electrons. The van der Waals surface area contributed by atoms with Gasteiger partial charge in [0, 0.05) is 26.3 Å². The van der Waals surface area contributed by atoms with E-state index in [1.807, 2.05) is 12.1 Å². The molecule has 2 aromatic rings. The van der Waals surface area contributed by atoms with Gasteiger partial charge in [-0.2, -0.15) is 0 Å². The maximum atomic E-state index is 12.9. The average molecular weight is 343 g/mol. The lowest BCUT2D eigenvalue weighted by Crippen LogP contribution is -2.31. The summed E-state index contributed by atoms with van der Waals surface area (Å²) < 4.78 is 12.9. The van der Waals surface area contributed by atoms with Gasteiger partial charge in [0.25, 0.3) is 0 Å². The number of likely N-dealkylation sites (N-methyl/N-ethyl adjacent to an activating group) is 1. The molecule has 0 saturated heterocycles. The molecule has 25 heavy (non-hydrogen) atoms. The number of nitrogens with one attached hydrogen (secondary N) is 2. The number of rotatable bonds is 6. The van der Waals surface area contributed by atoms with Crippen LogP contribution >= 0.6 is 0 Å². The molecular weight excluding hydrogens is 321 g/mol. The van der Waals surface area contributed by atoms with Crippen LogP contribution in [0.5, 0.6) is 0 Å². The van der Waals surface area contributed by atoms with Crippen molar-refractivity contribution in [2.24, 2.45) is 0 Å². The molecule has 0 bridgehead atoms. The normalized spacial score (nSPS) is 10.2. The lowest BCUT2D eigenvalue weighted by molar-refractivity contribution is -0.127. The highest BCUT2D eigenvalue weighted by molar-refractivity contribution is 5.91. The van der Waals surface area contributed by atoms with Gasteiger partial charge >= 0.3 is 6.03 Å². The molecule has 2 aromatic carbocycles. The SMILES string of the molecule is CN(C)C(=O)Cc1ccccc1NC(=O)NCCc1ccc(F)cc1. The van der Waals surface area contributed by atoms with Gasteiger partial charge in [-0.05, 0) is 35.7 Å². The number of nitrogens with zero attached hydrogens (tertiary/aromatic N) is 1. The Morgan fingerprint density at radius 1 is 1.04 bits per heavy atom. The van der Waals surface area contributed by atoms with Crippen molar-refractivity contribution >= 4 is 17.6 Å². The summed E-state index contributed by atoms with van der Waals surface area (Å²) in [4.78, 5) is 25.4.